The summed E-state index contributed by atoms with van der Waals surface area (Å²) in [6.45, 7) is 1.94. The van der Waals surface area contributed by atoms with Crippen LogP contribution in [0.25, 0.3) is 0 Å². The second kappa shape index (κ2) is 8.92. The SMILES string of the molecule is Cc1ccc(NC(=O)c2ccc(=O)n(CCC(=O)Nc3ccc(F)cc3)n2)cc1. The van der Waals surface area contributed by atoms with Crippen molar-refractivity contribution in [2.24, 2.45) is 0 Å². The summed E-state index contributed by atoms with van der Waals surface area (Å²) < 4.78 is 14.0. The lowest BCUT2D eigenvalue weighted by atomic mass is 10.2. The van der Waals surface area contributed by atoms with Gasteiger partial charge in [0.25, 0.3) is 11.5 Å². The molecule has 0 spiro atoms. The quantitative estimate of drug-likeness (QED) is 0.672. The highest BCUT2D eigenvalue weighted by atomic mass is 19.1. The number of nitrogens with zero attached hydrogens (tertiary/aromatic N) is 2. The van der Waals surface area contributed by atoms with Crippen molar-refractivity contribution in [2.75, 3.05) is 10.6 Å². The first-order valence-electron chi connectivity index (χ1n) is 8.92. The highest BCUT2D eigenvalue weighted by molar-refractivity contribution is 6.02. The van der Waals surface area contributed by atoms with E-state index in [0.717, 1.165) is 10.2 Å². The van der Waals surface area contributed by atoms with Crippen LogP contribution in [0.15, 0.2) is 65.5 Å². The van der Waals surface area contributed by atoms with Crippen LogP contribution < -0.4 is 16.2 Å². The van der Waals surface area contributed by atoms with E-state index in [1.54, 1.807) is 12.1 Å². The number of carbonyl (C=O) groups is 2. The maximum atomic E-state index is 12.9. The van der Waals surface area contributed by atoms with Crippen LogP contribution >= 0.6 is 0 Å². The zero-order valence-corrected chi connectivity index (χ0v) is 15.7. The third-order valence-corrected chi connectivity index (χ3v) is 4.09. The van der Waals surface area contributed by atoms with Crippen molar-refractivity contribution < 1.29 is 14.0 Å². The van der Waals surface area contributed by atoms with E-state index in [2.05, 4.69) is 15.7 Å². The summed E-state index contributed by atoms with van der Waals surface area (Å²) in [5.74, 6) is -1.22. The van der Waals surface area contributed by atoms with Crippen molar-refractivity contribution in [3.05, 3.63) is 88.1 Å². The molecule has 0 atom stereocenters. The summed E-state index contributed by atoms with van der Waals surface area (Å²) >= 11 is 0. The Kier molecular flexibility index (Phi) is 6.13. The number of anilines is 2. The van der Waals surface area contributed by atoms with Gasteiger partial charge in [-0.1, -0.05) is 17.7 Å². The lowest BCUT2D eigenvalue weighted by Crippen LogP contribution is -2.28. The maximum absolute atomic E-state index is 12.9. The molecule has 0 radical (unpaired) electrons. The lowest BCUT2D eigenvalue weighted by molar-refractivity contribution is -0.116. The molecule has 3 aromatic rings. The van der Waals surface area contributed by atoms with Crippen molar-refractivity contribution in [3.8, 4) is 0 Å². The zero-order chi connectivity index (χ0) is 20.8. The summed E-state index contributed by atoms with van der Waals surface area (Å²) in [5.41, 5.74) is 1.76. The Morgan fingerprint density at radius 2 is 1.55 bits per heavy atom. The van der Waals surface area contributed by atoms with Gasteiger partial charge in [0.05, 0.1) is 6.54 Å². The molecule has 0 saturated heterocycles. The number of benzene rings is 2. The molecular weight excluding hydrogens is 375 g/mol. The predicted octanol–water partition coefficient (Wildman–Crippen LogP) is 2.97. The Balaban J connectivity index is 1.63. The minimum atomic E-state index is -0.460. The van der Waals surface area contributed by atoms with E-state index in [9.17, 15) is 18.8 Å². The molecule has 2 N–H and O–H groups in total. The highest BCUT2D eigenvalue weighted by Gasteiger charge is 2.11. The van der Waals surface area contributed by atoms with E-state index in [1.165, 1.54) is 36.4 Å². The van der Waals surface area contributed by atoms with Crippen molar-refractivity contribution in [2.45, 2.75) is 19.9 Å². The van der Waals surface area contributed by atoms with E-state index in [1.807, 2.05) is 19.1 Å². The lowest BCUT2D eigenvalue weighted by Gasteiger charge is -2.09. The van der Waals surface area contributed by atoms with Crippen LogP contribution in [-0.2, 0) is 11.3 Å². The number of aryl methyl sites for hydroxylation is 2. The van der Waals surface area contributed by atoms with Crippen molar-refractivity contribution >= 4 is 23.2 Å². The molecule has 0 aliphatic rings. The third-order valence-electron chi connectivity index (χ3n) is 4.09. The standard InChI is InChI=1S/C21H19FN4O3/c1-14-2-6-17(7-3-14)24-21(29)18-10-11-20(28)26(25-18)13-12-19(27)23-16-8-4-15(22)5-9-16/h2-11H,12-13H2,1H3,(H,23,27)(H,24,29). The molecule has 1 heterocycles. The van der Waals surface area contributed by atoms with E-state index in [0.29, 0.717) is 11.4 Å². The van der Waals surface area contributed by atoms with Crippen LogP contribution in [0, 0.1) is 12.7 Å². The molecule has 2 amide bonds. The fraction of sp³-hybridized carbons (Fsp3) is 0.143. The van der Waals surface area contributed by atoms with E-state index >= 15 is 0 Å². The minimum absolute atomic E-state index is 0.00247. The molecule has 0 bridgehead atoms. The van der Waals surface area contributed by atoms with E-state index < -0.39 is 17.3 Å². The van der Waals surface area contributed by atoms with Crippen LogP contribution in [0.1, 0.15) is 22.5 Å². The second-order valence-electron chi connectivity index (χ2n) is 6.41. The molecule has 8 heteroatoms. The number of carbonyl (C=O) groups excluding carboxylic acids is 2. The first-order valence-corrected chi connectivity index (χ1v) is 8.92. The smallest absolute Gasteiger partial charge is 0.276 e. The third kappa shape index (κ3) is 5.58. The van der Waals surface area contributed by atoms with Crippen molar-refractivity contribution in [1.82, 2.24) is 9.78 Å². The second-order valence-corrected chi connectivity index (χ2v) is 6.41. The number of hydrogen-bond donors (Lipinski definition) is 2. The first-order chi connectivity index (χ1) is 13.9. The molecule has 7 nitrogen and oxygen atoms in total. The number of rotatable bonds is 6. The average molecular weight is 394 g/mol. The van der Waals surface area contributed by atoms with Crippen LogP contribution in [0.4, 0.5) is 15.8 Å². The average Bonchev–Trinajstić information content (AvgIpc) is 2.71. The van der Waals surface area contributed by atoms with Gasteiger partial charge in [-0.15, -0.1) is 0 Å². The Bertz CT molecular complexity index is 1080. The Morgan fingerprint density at radius 3 is 2.24 bits per heavy atom. The fourth-order valence-electron chi connectivity index (χ4n) is 2.53. The van der Waals surface area contributed by atoms with Gasteiger partial charge in [-0.2, -0.15) is 5.10 Å². The molecule has 0 aliphatic carbocycles. The molecule has 0 aliphatic heterocycles. The highest BCUT2D eigenvalue weighted by Crippen LogP contribution is 2.10. The number of aromatic nitrogens is 2. The monoisotopic (exact) mass is 394 g/mol. The number of hydrogen-bond acceptors (Lipinski definition) is 4. The van der Waals surface area contributed by atoms with Gasteiger partial charge in [-0.05, 0) is 49.4 Å². The molecular formula is C21H19FN4O3. The molecule has 29 heavy (non-hydrogen) atoms. The van der Waals surface area contributed by atoms with Crippen LogP contribution in [-0.4, -0.2) is 21.6 Å². The van der Waals surface area contributed by atoms with E-state index in [4.69, 9.17) is 0 Å². The Hall–Kier alpha value is -3.81. The van der Waals surface area contributed by atoms with Crippen LogP contribution in [0.2, 0.25) is 0 Å². The molecule has 0 unspecified atom stereocenters. The maximum Gasteiger partial charge on any atom is 0.276 e. The number of amides is 2. The summed E-state index contributed by atoms with van der Waals surface area (Å²) in [6, 6.07) is 15.2. The Morgan fingerprint density at radius 1 is 0.931 bits per heavy atom. The van der Waals surface area contributed by atoms with Gasteiger partial charge >= 0.3 is 0 Å². The zero-order valence-electron chi connectivity index (χ0n) is 15.7. The number of halogens is 1. The van der Waals surface area contributed by atoms with Gasteiger partial charge in [0.1, 0.15) is 11.5 Å². The molecule has 0 fully saturated rings. The molecule has 1 aromatic heterocycles. The molecule has 148 valence electrons. The Labute approximate surface area is 166 Å². The minimum Gasteiger partial charge on any atom is -0.326 e. The summed E-state index contributed by atoms with van der Waals surface area (Å²) in [5, 5.41) is 9.35. The topological polar surface area (TPSA) is 93.1 Å². The van der Waals surface area contributed by atoms with Crippen molar-refractivity contribution in [1.29, 1.82) is 0 Å². The van der Waals surface area contributed by atoms with Crippen LogP contribution in [0.5, 0.6) is 0 Å². The van der Waals surface area contributed by atoms with Gasteiger partial charge in [-0.25, -0.2) is 9.07 Å². The van der Waals surface area contributed by atoms with Gasteiger partial charge < -0.3 is 10.6 Å². The summed E-state index contributed by atoms with van der Waals surface area (Å²) in [4.78, 5) is 36.4. The van der Waals surface area contributed by atoms with Crippen molar-refractivity contribution in [3.63, 3.8) is 0 Å². The summed E-state index contributed by atoms with van der Waals surface area (Å²) in [6.07, 6.45) is -0.0344. The summed E-state index contributed by atoms with van der Waals surface area (Å²) in [7, 11) is 0. The van der Waals surface area contributed by atoms with Gasteiger partial charge in [-0.3, -0.25) is 14.4 Å². The molecule has 2 aromatic carbocycles. The molecule has 3 rings (SSSR count). The van der Waals surface area contributed by atoms with Crippen LogP contribution in [0.3, 0.4) is 0 Å². The largest absolute Gasteiger partial charge is 0.326 e. The number of nitrogens with one attached hydrogen (secondary N) is 2. The van der Waals surface area contributed by atoms with Gasteiger partial charge in [0.2, 0.25) is 5.91 Å². The molecule has 0 saturated carbocycles. The normalized spacial score (nSPS) is 10.4. The van der Waals surface area contributed by atoms with Gasteiger partial charge in [0, 0.05) is 23.9 Å². The first kappa shape index (κ1) is 19.9. The predicted molar refractivity (Wildman–Crippen MR) is 107 cm³/mol. The van der Waals surface area contributed by atoms with E-state index in [-0.39, 0.29) is 24.6 Å². The van der Waals surface area contributed by atoms with Gasteiger partial charge in [0.15, 0.2) is 0 Å². The fourth-order valence-corrected chi connectivity index (χ4v) is 2.53.